The molecule has 3 heteroatoms. The van der Waals surface area contributed by atoms with Crippen LogP contribution < -0.4 is 0 Å². The molecule has 0 aromatic heterocycles. The number of rotatable bonds is 0. The molecule has 0 aromatic rings. The average molecular weight is 194 g/mol. The summed E-state index contributed by atoms with van der Waals surface area (Å²) in [5.74, 6) is 4.91. The van der Waals surface area contributed by atoms with Crippen LogP contribution in [0, 0.1) is 11.8 Å². The second kappa shape index (κ2) is 3.47. The van der Waals surface area contributed by atoms with E-state index >= 15 is 0 Å². The first-order chi connectivity index (χ1) is 6.37. The summed E-state index contributed by atoms with van der Waals surface area (Å²) in [6.07, 6.45) is 2.12. The van der Waals surface area contributed by atoms with E-state index in [0.717, 1.165) is 0 Å². The highest BCUT2D eigenvalue weighted by Crippen LogP contribution is 2.38. The molecular formula is C11H14O3. The lowest BCUT2D eigenvalue weighted by Crippen LogP contribution is -2.26. The number of hydrogen-bond donors (Lipinski definition) is 0. The molecule has 0 aliphatic carbocycles. The zero-order chi connectivity index (χ0) is 10.8. The molecule has 0 spiro atoms. The fourth-order valence-electron chi connectivity index (χ4n) is 1.42. The Labute approximate surface area is 84.1 Å². The van der Waals surface area contributed by atoms with E-state index in [1.165, 1.54) is 0 Å². The van der Waals surface area contributed by atoms with Crippen LogP contribution in [0.3, 0.4) is 0 Å². The SMILES string of the molecule is CC1(C)O/C(=C/C#CC=O)C(C)(C)O1. The number of aldehydes is 1. The lowest BCUT2D eigenvalue weighted by atomic mass is 10.1. The van der Waals surface area contributed by atoms with Crippen LogP contribution in [-0.2, 0) is 14.3 Å². The van der Waals surface area contributed by atoms with Gasteiger partial charge in [-0.1, -0.05) is 5.92 Å². The highest BCUT2D eigenvalue weighted by atomic mass is 16.8. The third-order valence-corrected chi connectivity index (χ3v) is 1.80. The van der Waals surface area contributed by atoms with E-state index in [2.05, 4.69) is 11.8 Å². The van der Waals surface area contributed by atoms with Gasteiger partial charge in [0.05, 0.1) is 0 Å². The van der Waals surface area contributed by atoms with Gasteiger partial charge in [-0.3, -0.25) is 4.79 Å². The maximum Gasteiger partial charge on any atom is 0.205 e. The second-order valence-electron chi connectivity index (χ2n) is 4.03. The van der Waals surface area contributed by atoms with Crippen molar-refractivity contribution in [1.29, 1.82) is 0 Å². The van der Waals surface area contributed by atoms with Gasteiger partial charge in [-0.05, 0) is 19.8 Å². The molecule has 1 heterocycles. The van der Waals surface area contributed by atoms with Gasteiger partial charge in [-0.2, -0.15) is 0 Å². The summed E-state index contributed by atoms with van der Waals surface area (Å²) in [7, 11) is 0. The van der Waals surface area contributed by atoms with E-state index in [1.807, 2.05) is 27.7 Å². The van der Waals surface area contributed by atoms with Crippen LogP contribution >= 0.6 is 0 Å². The smallest absolute Gasteiger partial charge is 0.205 e. The van der Waals surface area contributed by atoms with Gasteiger partial charge in [0, 0.05) is 19.9 Å². The van der Waals surface area contributed by atoms with E-state index in [0.29, 0.717) is 12.0 Å². The molecule has 76 valence electrons. The monoisotopic (exact) mass is 194 g/mol. The summed E-state index contributed by atoms with van der Waals surface area (Å²) < 4.78 is 11.2. The van der Waals surface area contributed by atoms with Crippen LogP contribution in [0.2, 0.25) is 0 Å². The molecule has 0 atom stereocenters. The minimum Gasteiger partial charge on any atom is -0.464 e. The molecule has 0 radical (unpaired) electrons. The van der Waals surface area contributed by atoms with Crippen molar-refractivity contribution in [2.24, 2.45) is 0 Å². The molecule has 0 saturated carbocycles. The Hall–Kier alpha value is -1.27. The third kappa shape index (κ3) is 2.36. The Bertz CT molecular complexity index is 326. The summed E-state index contributed by atoms with van der Waals surface area (Å²) in [6, 6.07) is 0. The van der Waals surface area contributed by atoms with Crippen molar-refractivity contribution in [3.8, 4) is 11.8 Å². The van der Waals surface area contributed by atoms with Gasteiger partial charge in [-0.25, -0.2) is 0 Å². The normalized spacial score (nSPS) is 25.0. The Morgan fingerprint density at radius 2 is 1.86 bits per heavy atom. The summed E-state index contributed by atoms with van der Waals surface area (Å²) in [5.41, 5.74) is -0.485. The quantitative estimate of drug-likeness (QED) is 0.434. The molecule has 1 aliphatic heterocycles. The average Bonchev–Trinajstić information content (AvgIpc) is 2.20. The molecule has 1 aliphatic rings. The fourth-order valence-corrected chi connectivity index (χ4v) is 1.42. The molecule has 1 saturated heterocycles. The van der Waals surface area contributed by atoms with E-state index < -0.39 is 11.4 Å². The lowest BCUT2D eigenvalue weighted by Gasteiger charge is -2.18. The van der Waals surface area contributed by atoms with Crippen molar-refractivity contribution in [2.45, 2.75) is 39.1 Å². The first-order valence-electron chi connectivity index (χ1n) is 4.42. The number of hydrogen-bond acceptors (Lipinski definition) is 3. The van der Waals surface area contributed by atoms with E-state index in [1.54, 1.807) is 6.08 Å². The molecule has 14 heavy (non-hydrogen) atoms. The van der Waals surface area contributed by atoms with E-state index in [4.69, 9.17) is 9.47 Å². The zero-order valence-electron chi connectivity index (χ0n) is 8.88. The van der Waals surface area contributed by atoms with Gasteiger partial charge >= 0.3 is 0 Å². The van der Waals surface area contributed by atoms with Crippen molar-refractivity contribution in [1.82, 2.24) is 0 Å². The van der Waals surface area contributed by atoms with Crippen LogP contribution in [-0.4, -0.2) is 17.7 Å². The summed E-state index contributed by atoms with van der Waals surface area (Å²) in [6.45, 7) is 7.47. The van der Waals surface area contributed by atoms with Crippen LogP contribution in [0.4, 0.5) is 0 Å². The topological polar surface area (TPSA) is 35.5 Å². The van der Waals surface area contributed by atoms with Crippen molar-refractivity contribution in [2.75, 3.05) is 0 Å². The number of carbonyl (C=O) groups is 1. The Kier molecular flexibility index (Phi) is 2.68. The van der Waals surface area contributed by atoms with Crippen molar-refractivity contribution < 1.29 is 14.3 Å². The molecule has 0 amide bonds. The largest absolute Gasteiger partial charge is 0.464 e. The molecule has 1 rings (SSSR count). The second-order valence-corrected chi connectivity index (χ2v) is 4.03. The van der Waals surface area contributed by atoms with Gasteiger partial charge in [-0.15, -0.1) is 0 Å². The number of allylic oxidation sites excluding steroid dienone is 1. The van der Waals surface area contributed by atoms with Crippen LogP contribution in [0.5, 0.6) is 0 Å². The van der Waals surface area contributed by atoms with Gasteiger partial charge in [0.25, 0.3) is 0 Å². The van der Waals surface area contributed by atoms with Crippen molar-refractivity contribution >= 4 is 6.29 Å². The Morgan fingerprint density at radius 3 is 2.29 bits per heavy atom. The van der Waals surface area contributed by atoms with Gasteiger partial charge in [0.15, 0.2) is 6.29 Å². The third-order valence-electron chi connectivity index (χ3n) is 1.80. The highest BCUT2D eigenvalue weighted by Gasteiger charge is 2.43. The van der Waals surface area contributed by atoms with Crippen molar-refractivity contribution in [3.05, 3.63) is 11.8 Å². The lowest BCUT2D eigenvalue weighted by molar-refractivity contribution is -0.151. The van der Waals surface area contributed by atoms with Crippen LogP contribution in [0.25, 0.3) is 0 Å². The fraction of sp³-hybridized carbons (Fsp3) is 0.545. The van der Waals surface area contributed by atoms with E-state index in [9.17, 15) is 4.79 Å². The van der Waals surface area contributed by atoms with E-state index in [-0.39, 0.29) is 0 Å². The molecule has 1 fully saturated rings. The Morgan fingerprint density at radius 1 is 1.21 bits per heavy atom. The van der Waals surface area contributed by atoms with Gasteiger partial charge < -0.3 is 9.47 Å². The maximum absolute atomic E-state index is 9.99. The molecule has 0 bridgehead atoms. The predicted octanol–water partition coefficient (Wildman–Crippen LogP) is 1.63. The minimum atomic E-state index is -0.627. The predicted molar refractivity (Wildman–Crippen MR) is 52.3 cm³/mol. The van der Waals surface area contributed by atoms with Crippen LogP contribution in [0.1, 0.15) is 27.7 Å². The zero-order valence-corrected chi connectivity index (χ0v) is 8.88. The molecule has 0 unspecified atom stereocenters. The van der Waals surface area contributed by atoms with Crippen molar-refractivity contribution in [3.63, 3.8) is 0 Å². The highest BCUT2D eigenvalue weighted by molar-refractivity contribution is 5.73. The Balaban J connectivity index is 2.90. The maximum atomic E-state index is 9.99. The summed E-state index contributed by atoms with van der Waals surface area (Å²) >= 11 is 0. The summed E-state index contributed by atoms with van der Waals surface area (Å²) in [4.78, 5) is 9.99. The number of ether oxygens (including phenoxy) is 2. The molecular weight excluding hydrogens is 180 g/mol. The minimum absolute atomic E-state index is 0.485. The number of carbonyl (C=O) groups excluding carboxylic acids is 1. The first-order valence-corrected chi connectivity index (χ1v) is 4.42. The molecule has 0 aromatic carbocycles. The first kappa shape index (κ1) is 10.8. The van der Waals surface area contributed by atoms with Gasteiger partial charge in [0.2, 0.25) is 5.79 Å². The molecule has 0 N–H and O–H groups in total. The summed E-state index contributed by atoms with van der Waals surface area (Å²) in [5, 5.41) is 0. The van der Waals surface area contributed by atoms with Crippen LogP contribution in [0.15, 0.2) is 11.8 Å². The standard InChI is InChI=1S/C11H14O3/c1-10(2)9(7-5-6-8-12)13-11(3,4)14-10/h7-8H,1-4H3/b9-7+. The molecule has 3 nitrogen and oxygen atoms in total. The van der Waals surface area contributed by atoms with Gasteiger partial charge in [0.1, 0.15) is 11.4 Å².